The Kier molecular flexibility index (Phi) is 5.76. The van der Waals surface area contributed by atoms with Gasteiger partial charge >= 0.3 is 0 Å². The number of nitrogens with one attached hydrogen (secondary N) is 1. The molecule has 0 spiro atoms. The molecule has 1 N–H and O–H groups in total. The third-order valence-corrected chi connectivity index (χ3v) is 6.22. The highest BCUT2D eigenvalue weighted by atomic mass is 35.5. The second-order valence-corrected chi connectivity index (χ2v) is 9.25. The number of amides is 2. The van der Waals surface area contributed by atoms with E-state index in [4.69, 9.17) is 11.6 Å². The van der Waals surface area contributed by atoms with Gasteiger partial charge in [-0.25, -0.2) is 8.42 Å². The fourth-order valence-electron chi connectivity index (χ4n) is 3.11. The molecule has 2 aromatic carbocycles. The molecule has 0 aliphatic carbocycles. The maximum Gasteiger partial charge on any atom is 0.229 e. The number of carbonyl (C=O) groups is 2. The standard InChI is InChI=1S/C20H21ClN2O4S/c1-3-13-4-6-15(7-5-13)23-12-14(10-19(23)24)20(25)22-18-11-16(28(2,26)27)8-9-17(18)21/h4-9,11,14H,3,10,12H2,1-2H3,(H,22,25). The smallest absolute Gasteiger partial charge is 0.229 e. The Bertz CT molecular complexity index is 1020. The average Bonchev–Trinajstić information content (AvgIpc) is 3.04. The average molecular weight is 421 g/mol. The molecule has 1 aliphatic heterocycles. The van der Waals surface area contributed by atoms with Crippen molar-refractivity contribution < 1.29 is 18.0 Å². The second kappa shape index (κ2) is 7.93. The largest absolute Gasteiger partial charge is 0.324 e. The molecule has 1 aliphatic rings. The van der Waals surface area contributed by atoms with Crippen LogP contribution in [0.3, 0.4) is 0 Å². The van der Waals surface area contributed by atoms with Gasteiger partial charge in [-0.2, -0.15) is 0 Å². The predicted molar refractivity (Wildman–Crippen MR) is 109 cm³/mol. The van der Waals surface area contributed by atoms with E-state index in [9.17, 15) is 18.0 Å². The van der Waals surface area contributed by atoms with Crippen molar-refractivity contribution in [2.45, 2.75) is 24.7 Å². The Morgan fingerprint density at radius 2 is 1.89 bits per heavy atom. The number of aryl methyl sites for hydroxylation is 1. The first-order chi connectivity index (χ1) is 13.2. The lowest BCUT2D eigenvalue weighted by Crippen LogP contribution is -2.28. The summed E-state index contributed by atoms with van der Waals surface area (Å²) in [5.41, 5.74) is 2.15. The Labute approximate surface area is 169 Å². The van der Waals surface area contributed by atoms with Gasteiger partial charge in [0.2, 0.25) is 11.8 Å². The van der Waals surface area contributed by atoms with E-state index in [1.54, 1.807) is 4.90 Å². The summed E-state index contributed by atoms with van der Waals surface area (Å²) in [4.78, 5) is 26.7. The van der Waals surface area contributed by atoms with Crippen molar-refractivity contribution >= 4 is 44.6 Å². The molecule has 0 aromatic heterocycles. The van der Waals surface area contributed by atoms with Crippen LogP contribution >= 0.6 is 11.6 Å². The lowest BCUT2D eigenvalue weighted by atomic mass is 10.1. The van der Waals surface area contributed by atoms with Crippen molar-refractivity contribution in [3.8, 4) is 0 Å². The number of halogens is 1. The van der Waals surface area contributed by atoms with Gasteiger partial charge in [-0.3, -0.25) is 9.59 Å². The fraction of sp³-hybridized carbons (Fsp3) is 0.300. The quantitative estimate of drug-likeness (QED) is 0.804. The van der Waals surface area contributed by atoms with Crippen LogP contribution in [0.1, 0.15) is 18.9 Å². The summed E-state index contributed by atoms with van der Waals surface area (Å²) < 4.78 is 23.4. The van der Waals surface area contributed by atoms with Crippen LogP contribution in [0.5, 0.6) is 0 Å². The predicted octanol–water partition coefficient (Wildman–Crippen LogP) is 3.30. The Balaban J connectivity index is 1.74. The maximum atomic E-state index is 12.7. The van der Waals surface area contributed by atoms with Crippen LogP contribution in [0, 0.1) is 5.92 Å². The lowest BCUT2D eigenvalue weighted by molar-refractivity contribution is -0.122. The van der Waals surface area contributed by atoms with Gasteiger partial charge in [0.15, 0.2) is 9.84 Å². The number of sulfone groups is 1. The van der Waals surface area contributed by atoms with E-state index in [2.05, 4.69) is 12.2 Å². The van der Waals surface area contributed by atoms with Crippen molar-refractivity contribution in [1.29, 1.82) is 0 Å². The normalized spacial score (nSPS) is 17.0. The summed E-state index contributed by atoms with van der Waals surface area (Å²) in [5, 5.41) is 2.89. The number of hydrogen-bond acceptors (Lipinski definition) is 4. The molecular weight excluding hydrogens is 400 g/mol. The summed E-state index contributed by atoms with van der Waals surface area (Å²) in [6.45, 7) is 2.32. The molecule has 2 amide bonds. The second-order valence-electron chi connectivity index (χ2n) is 6.83. The Morgan fingerprint density at radius 3 is 2.50 bits per heavy atom. The number of benzene rings is 2. The third kappa shape index (κ3) is 4.36. The highest BCUT2D eigenvalue weighted by Gasteiger charge is 2.35. The van der Waals surface area contributed by atoms with E-state index < -0.39 is 15.8 Å². The van der Waals surface area contributed by atoms with Crippen molar-refractivity contribution in [3.05, 3.63) is 53.1 Å². The van der Waals surface area contributed by atoms with Crippen molar-refractivity contribution in [2.75, 3.05) is 23.0 Å². The zero-order chi connectivity index (χ0) is 20.5. The van der Waals surface area contributed by atoms with Crippen LogP contribution in [0.15, 0.2) is 47.4 Å². The van der Waals surface area contributed by atoms with E-state index in [0.29, 0.717) is 0 Å². The monoisotopic (exact) mass is 420 g/mol. The fourth-order valence-corrected chi connectivity index (χ4v) is 3.92. The minimum atomic E-state index is -3.43. The molecule has 3 rings (SSSR count). The molecule has 1 saturated heterocycles. The van der Waals surface area contributed by atoms with Crippen LogP contribution in [-0.4, -0.2) is 33.0 Å². The summed E-state index contributed by atoms with van der Waals surface area (Å²) in [6, 6.07) is 11.8. The summed E-state index contributed by atoms with van der Waals surface area (Å²) >= 11 is 6.09. The minimum Gasteiger partial charge on any atom is -0.324 e. The molecule has 8 heteroatoms. The first kappa shape index (κ1) is 20.4. The van der Waals surface area contributed by atoms with E-state index in [-0.39, 0.29) is 40.4 Å². The van der Waals surface area contributed by atoms with E-state index in [1.165, 1.54) is 23.8 Å². The molecular formula is C20H21ClN2O4S. The molecule has 6 nitrogen and oxygen atoms in total. The van der Waals surface area contributed by atoms with Gasteiger partial charge in [-0.1, -0.05) is 30.7 Å². The van der Waals surface area contributed by atoms with Crippen LogP contribution in [0.2, 0.25) is 5.02 Å². The summed E-state index contributed by atoms with van der Waals surface area (Å²) in [5.74, 6) is -1.04. The van der Waals surface area contributed by atoms with Crippen LogP contribution in [-0.2, 0) is 25.8 Å². The first-order valence-corrected chi connectivity index (χ1v) is 11.2. The molecule has 0 radical (unpaired) electrons. The molecule has 148 valence electrons. The van der Waals surface area contributed by atoms with Crippen LogP contribution in [0.25, 0.3) is 0 Å². The highest BCUT2D eigenvalue weighted by molar-refractivity contribution is 7.90. The summed E-state index contributed by atoms with van der Waals surface area (Å²) in [6.07, 6.45) is 2.08. The van der Waals surface area contributed by atoms with E-state index in [1.807, 2.05) is 24.3 Å². The summed E-state index contributed by atoms with van der Waals surface area (Å²) in [7, 11) is -3.43. The zero-order valence-electron chi connectivity index (χ0n) is 15.6. The molecule has 1 heterocycles. The topological polar surface area (TPSA) is 83.6 Å². The van der Waals surface area contributed by atoms with E-state index >= 15 is 0 Å². The van der Waals surface area contributed by atoms with Crippen molar-refractivity contribution in [1.82, 2.24) is 0 Å². The molecule has 0 bridgehead atoms. The Hall–Kier alpha value is -2.38. The molecule has 2 aromatic rings. The van der Waals surface area contributed by atoms with Crippen molar-refractivity contribution in [2.24, 2.45) is 5.92 Å². The lowest BCUT2D eigenvalue weighted by Gasteiger charge is -2.17. The third-order valence-electron chi connectivity index (χ3n) is 4.78. The van der Waals surface area contributed by atoms with Gasteiger partial charge in [0.1, 0.15) is 0 Å². The van der Waals surface area contributed by atoms with E-state index in [0.717, 1.165) is 18.4 Å². The minimum absolute atomic E-state index is 0.0624. The van der Waals surface area contributed by atoms with Gasteiger partial charge in [0, 0.05) is 24.9 Å². The number of hydrogen-bond donors (Lipinski definition) is 1. The van der Waals surface area contributed by atoms with Crippen molar-refractivity contribution in [3.63, 3.8) is 0 Å². The molecule has 28 heavy (non-hydrogen) atoms. The van der Waals surface area contributed by atoms with Gasteiger partial charge in [0.25, 0.3) is 0 Å². The highest BCUT2D eigenvalue weighted by Crippen LogP contribution is 2.29. The first-order valence-electron chi connectivity index (χ1n) is 8.89. The van der Waals surface area contributed by atoms with Gasteiger partial charge < -0.3 is 10.2 Å². The number of rotatable bonds is 5. The van der Waals surface area contributed by atoms with Crippen LogP contribution < -0.4 is 10.2 Å². The SMILES string of the molecule is CCc1ccc(N2CC(C(=O)Nc3cc(S(C)(=O)=O)ccc3Cl)CC2=O)cc1. The Morgan fingerprint density at radius 1 is 1.21 bits per heavy atom. The number of nitrogens with zero attached hydrogens (tertiary/aromatic N) is 1. The van der Waals surface area contributed by atoms with Gasteiger partial charge in [0.05, 0.1) is 21.5 Å². The number of anilines is 2. The molecule has 0 saturated carbocycles. The molecule has 1 unspecified atom stereocenters. The van der Waals surface area contributed by atoms with Gasteiger partial charge in [-0.15, -0.1) is 0 Å². The number of carbonyl (C=O) groups excluding carboxylic acids is 2. The maximum absolute atomic E-state index is 12.7. The zero-order valence-corrected chi connectivity index (χ0v) is 17.2. The van der Waals surface area contributed by atoms with Crippen LogP contribution in [0.4, 0.5) is 11.4 Å². The van der Waals surface area contributed by atoms with Gasteiger partial charge in [-0.05, 0) is 42.3 Å². The molecule has 1 fully saturated rings. The molecule has 1 atom stereocenters.